The third-order valence-electron chi connectivity index (χ3n) is 2.63. The fourth-order valence-corrected chi connectivity index (χ4v) is 2.20. The zero-order valence-electron chi connectivity index (χ0n) is 10.7. The lowest BCUT2D eigenvalue weighted by molar-refractivity contribution is 0.598. The molecule has 0 radical (unpaired) electrons. The van der Waals surface area contributed by atoms with Crippen molar-refractivity contribution in [2.24, 2.45) is 0 Å². The second kappa shape index (κ2) is 5.36. The summed E-state index contributed by atoms with van der Waals surface area (Å²) in [6, 6.07) is 8.92. The number of hydrogen-bond donors (Lipinski definition) is 1. The van der Waals surface area contributed by atoms with Crippen LogP contribution in [0.1, 0.15) is 18.7 Å². The van der Waals surface area contributed by atoms with Crippen LogP contribution in [0.4, 0.5) is 5.69 Å². The van der Waals surface area contributed by atoms with E-state index in [0.29, 0.717) is 0 Å². The molecule has 5 nitrogen and oxygen atoms in total. The van der Waals surface area contributed by atoms with Gasteiger partial charge in [-0.2, -0.15) is 0 Å². The van der Waals surface area contributed by atoms with Crippen molar-refractivity contribution in [1.82, 2.24) is 9.97 Å². The molecule has 19 heavy (non-hydrogen) atoms. The molecule has 1 unspecified atom stereocenters. The lowest BCUT2D eigenvalue weighted by atomic mass is 10.2. The molecule has 1 N–H and O–H groups in total. The summed E-state index contributed by atoms with van der Waals surface area (Å²) in [5.41, 5.74) is 1.67. The highest BCUT2D eigenvalue weighted by Crippen LogP contribution is 2.17. The fraction of sp³-hybridized carbons (Fsp3) is 0.231. The van der Waals surface area contributed by atoms with E-state index in [0.717, 1.165) is 17.6 Å². The van der Waals surface area contributed by atoms with Crippen LogP contribution in [0.3, 0.4) is 0 Å². The summed E-state index contributed by atoms with van der Waals surface area (Å²) in [6.07, 6.45) is 4.38. The summed E-state index contributed by atoms with van der Waals surface area (Å²) in [7, 11) is -3.25. The molecular weight excluding hydrogens is 262 g/mol. The van der Waals surface area contributed by atoms with Crippen molar-refractivity contribution in [2.75, 3.05) is 11.6 Å². The number of hydrogen-bond acceptors (Lipinski definition) is 5. The molecule has 0 saturated heterocycles. The Morgan fingerprint density at radius 2 is 1.95 bits per heavy atom. The van der Waals surface area contributed by atoms with Gasteiger partial charge in [-0.3, -0.25) is 4.98 Å². The number of rotatable bonds is 4. The van der Waals surface area contributed by atoms with E-state index >= 15 is 0 Å². The molecule has 6 heteroatoms. The van der Waals surface area contributed by atoms with Crippen molar-refractivity contribution >= 4 is 15.5 Å². The van der Waals surface area contributed by atoms with Gasteiger partial charge in [0.05, 0.1) is 23.6 Å². The second-order valence-electron chi connectivity index (χ2n) is 4.28. The lowest BCUT2D eigenvalue weighted by Gasteiger charge is -2.14. The molecule has 0 aliphatic carbocycles. The maximum absolute atomic E-state index is 11.3. The molecule has 2 heterocycles. The quantitative estimate of drug-likeness (QED) is 0.926. The first-order chi connectivity index (χ1) is 8.97. The van der Waals surface area contributed by atoms with Crippen molar-refractivity contribution in [3.63, 3.8) is 0 Å². The number of aromatic nitrogens is 2. The normalized spacial score (nSPS) is 12.9. The molecule has 0 aliphatic rings. The molecule has 100 valence electrons. The molecule has 2 aromatic rings. The standard InChI is InChI=1S/C13H15N3O2S/c1-10(12-5-3-4-8-14-12)16-11-6-7-13(15-9-11)19(2,17)18/h3-10,16H,1-2H3. The Morgan fingerprint density at radius 1 is 1.16 bits per heavy atom. The van der Waals surface area contributed by atoms with E-state index in [-0.39, 0.29) is 11.1 Å². The Balaban J connectivity index is 2.12. The molecule has 2 rings (SSSR count). The van der Waals surface area contributed by atoms with Gasteiger partial charge < -0.3 is 5.32 Å². The van der Waals surface area contributed by atoms with Crippen molar-refractivity contribution in [3.8, 4) is 0 Å². The summed E-state index contributed by atoms with van der Waals surface area (Å²) in [5.74, 6) is 0. The average Bonchev–Trinajstić information content (AvgIpc) is 2.39. The zero-order valence-corrected chi connectivity index (χ0v) is 11.6. The van der Waals surface area contributed by atoms with Gasteiger partial charge in [-0.1, -0.05) is 6.07 Å². The van der Waals surface area contributed by atoms with E-state index in [1.165, 1.54) is 12.3 Å². The Hall–Kier alpha value is -1.95. The van der Waals surface area contributed by atoms with Gasteiger partial charge in [-0.05, 0) is 31.2 Å². The van der Waals surface area contributed by atoms with Crippen LogP contribution in [0.25, 0.3) is 0 Å². The van der Waals surface area contributed by atoms with E-state index in [2.05, 4.69) is 15.3 Å². The molecule has 0 fully saturated rings. The minimum atomic E-state index is -3.25. The molecule has 0 spiro atoms. The van der Waals surface area contributed by atoms with Crippen LogP contribution in [-0.4, -0.2) is 24.6 Å². The minimum absolute atomic E-state index is 0.0204. The smallest absolute Gasteiger partial charge is 0.192 e. The Morgan fingerprint density at radius 3 is 2.47 bits per heavy atom. The first kappa shape index (κ1) is 13.5. The van der Waals surface area contributed by atoms with Crippen molar-refractivity contribution < 1.29 is 8.42 Å². The third-order valence-corrected chi connectivity index (χ3v) is 3.63. The SMILES string of the molecule is CC(Nc1ccc(S(C)(=O)=O)nc1)c1ccccn1. The molecule has 0 aromatic carbocycles. The van der Waals surface area contributed by atoms with Crippen LogP contribution < -0.4 is 5.32 Å². The van der Waals surface area contributed by atoms with Gasteiger partial charge in [0.15, 0.2) is 14.9 Å². The number of anilines is 1. The topological polar surface area (TPSA) is 72.0 Å². The summed E-state index contributed by atoms with van der Waals surface area (Å²) >= 11 is 0. The van der Waals surface area contributed by atoms with Gasteiger partial charge >= 0.3 is 0 Å². The number of sulfone groups is 1. The third kappa shape index (κ3) is 3.51. The van der Waals surface area contributed by atoms with Gasteiger partial charge in [-0.15, -0.1) is 0 Å². The van der Waals surface area contributed by atoms with Crippen LogP contribution in [0.15, 0.2) is 47.8 Å². The first-order valence-corrected chi connectivity index (χ1v) is 7.69. The molecule has 0 aliphatic heterocycles. The molecule has 1 atom stereocenters. The maximum atomic E-state index is 11.3. The fourth-order valence-electron chi connectivity index (χ4n) is 1.64. The monoisotopic (exact) mass is 277 g/mol. The van der Waals surface area contributed by atoms with Crippen molar-refractivity contribution in [3.05, 3.63) is 48.4 Å². The van der Waals surface area contributed by atoms with Gasteiger partial charge in [0.1, 0.15) is 0 Å². The minimum Gasteiger partial charge on any atom is -0.376 e. The lowest BCUT2D eigenvalue weighted by Crippen LogP contribution is -2.09. The van der Waals surface area contributed by atoms with Crippen LogP contribution in [0, 0.1) is 0 Å². The van der Waals surface area contributed by atoms with Crippen molar-refractivity contribution in [2.45, 2.75) is 18.0 Å². The van der Waals surface area contributed by atoms with Crippen molar-refractivity contribution in [1.29, 1.82) is 0 Å². The number of nitrogens with one attached hydrogen (secondary N) is 1. The molecule has 0 saturated carbocycles. The molecule has 0 bridgehead atoms. The summed E-state index contributed by atoms with van der Waals surface area (Å²) in [6.45, 7) is 1.98. The van der Waals surface area contributed by atoms with Gasteiger partial charge in [0.25, 0.3) is 0 Å². The largest absolute Gasteiger partial charge is 0.376 e. The van der Waals surface area contributed by atoms with Gasteiger partial charge in [-0.25, -0.2) is 13.4 Å². The van der Waals surface area contributed by atoms with E-state index in [1.54, 1.807) is 12.3 Å². The zero-order chi connectivity index (χ0) is 13.9. The Bertz CT molecular complexity index is 639. The summed E-state index contributed by atoms with van der Waals surface area (Å²) < 4.78 is 22.6. The molecule has 2 aromatic heterocycles. The number of nitrogens with zero attached hydrogens (tertiary/aromatic N) is 2. The predicted molar refractivity (Wildman–Crippen MR) is 73.6 cm³/mol. The van der Waals surface area contributed by atoms with Crippen LogP contribution in [0.5, 0.6) is 0 Å². The first-order valence-electron chi connectivity index (χ1n) is 5.80. The van der Waals surface area contributed by atoms with E-state index in [9.17, 15) is 8.42 Å². The number of pyridine rings is 2. The Labute approximate surface area is 112 Å². The molecule has 0 amide bonds. The van der Waals surface area contributed by atoms with Gasteiger partial charge in [0, 0.05) is 12.5 Å². The molecular formula is C13H15N3O2S. The highest BCUT2D eigenvalue weighted by Gasteiger charge is 2.10. The highest BCUT2D eigenvalue weighted by atomic mass is 32.2. The van der Waals surface area contributed by atoms with Gasteiger partial charge in [0.2, 0.25) is 0 Å². The van der Waals surface area contributed by atoms with Crippen LogP contribution >= 0.6 is 0 Å². The Kier molecular flexibility index (Phi) is 3.80. The van der Waals surface area contributed by atoms with Crippen LogP contribution in [0.2, 0.25) is 0 Å². The maximum Gasteiger partial charge on any atom is 0.192 e. The summed E-state index contributed by atoms with van der Waals surface area (Å²) in [5, 5.41) is 3.29. The average molecular weight is 277 g/mol. The predicted octanol–water partition coefficient (Wildman–Crippen LogP) is 2.05. The van der Waals surface area contributed by atoms with Crippen LogP contribution in [-0.2, 0) is 9.84 Å². The second-order valence-corrected chi connectivity index (χ2v) is 6.24. The highest BCUT2D eigenvalue weighted by molar-refractivity contribution is 7.90. The van der Waals surface area contributed by atoms with E-state index < -0.39 is 9.84 Å². The van der Waals surface area contributed by atoms with E-state index in [1.807, 2.05) is 25.1 Å². The van der Waals surface area contributed by atoms with E-state index in [4.69, 9.17) is 0 Å². The summed E-state index contributed by atoms with van der Waals surface area (Å²) in [4.78, 5) is 8.18.